The van der Waals surface area contributed by atoms with Crippen molar-refractivity contribution in [1.82, 2.24) is 5.32 Å². The highest BCUT2D eigenvalue weighted by molar-refractivity contribution is 8.00. The first-order chi connectivity index (χ1) is 13.1. The van der Waals surface area contributed by atoms with Gasteiger partial charge in [0.1, 0.15) is 19.0 Å². The summed E-state index contributed by atoms with van der Waals surface area (Å²) in [4.78, 5) is 13.5. The molecule has 0 unspecified atom stereocenters. The Morgan fingerprint density at radius 2 is 1.81 bits per heavy atom. The Morgan fingerprint density at radius 1 is 1.11 bits per heavy atom. The Hall–Kier alpha value is -2.34. The Balaban J connectivity index is 1.62. The molecule has 0 aromatic heterocycles. The van der Waals surface area contributed by atoms with Crippen LogP contribution in [0.3, 0.4) is 0 Å². The van der Waals surface area contributed by atoms with Gasteiger partial charge in [-0.05, 0) is 47.9 Å². The van der Waals surface area contributed by atoms with Crippen LogP contribution in [0.2, 0.25) is 0 Å². The molecule has 1 amide bonds. The summed E-state index contributed by atoms with van der Waals surface area (Å²) in [6, 6.07) is 13.5. The summed E-state index contributed by atoms with van der Waals surface area (Å²) in [6.45, 7) is 5.31. The van der Waals surface area contributed by atoms with Crippen LogP contribution in [0.25, 0.3) is 0 Å². The van der Waals surface area contributed by atoms with Crippen molar-refractivity contribution in [3.8, 4) is 17.2 Å². The molecule has 3 rings (SSSR count). The molecule has 0 spiro atoms. The van der Waals surface area contributed by atoms with Gasteiger partial charge in [0.15, 0.2) is 11.5 Å². The Labute approximate surface area is 164 Å². The maximum absolute atomic E-state index is 12.5. The molecule has 0 saturated heterocycles. The van der Waals surface area contributed by atoms with Crippen molar-refractivity contribution >= 4 is 17.7 Å². The molecule has 27 heavy (non-hydrogen) atoms. The Bertz CT molecular complexity index is 776. The molecule has 2 aromatic rings. The van der Waals surface area contributed by atoms with Crippen LogP contribution in [0.1, 0.15) is 25.5 Å². The molecule has 0 radical (unpaired) electrons. The number of nitrogens with one attached hydrogen (secondary N) is 1. The molecule has 1 aliphatic heterocycles. The number of thioether (sulfide) groups is 1. The first kappa shape index (κ1) is 19.4. The van der Waals surface area contributed by atoms with Crippen molar-refractivity contribution in [1.29, 1.82) is 0 Å². The van der Waals surface area contributed by atoms with E-state index in [0.717, 1.165) is 27.7 Å². The van der Waals surface area contributed by atoms with Crippen molar-refractivity contribution in [3.63, 3.8) is 0 Å². The average molecular weight is 388 g/mol. The standard InChI is InChI=1S/C21H25NO4S/c1-14(2)21(15-4-9-18-19(12-15)26-11-10-25-18)22-20(23)13-27-17-7-5-16(24-3)6-8-17/h4-9,12,14,21H,10-11,13H2,1-3H3,(H,22,23)/t21-/m1/s1. The molecule has 6 heteroatoms. The van der Waals surface area contributed by atoms with Crippen LogP contribution in [0.15, 0.2) is 47.4 Å². The molecular weight excluding hydrogens is 362 g/mol. The minimum Gasteiger partial charge on any atom is -0.497 e. The second-order valence-electron chi connectivity index (χ2n) is 6.66. The summed E-state index contributed by atoms with van der Waals surface area (Å²) in [7, 11) is 1.64. The Morgan fingerprint density at radius 3 is 2.48 bits per heavy atom. The fourth-order valence-corrected chi connectivity index (χ4v) is 3.63. The topological polar surface area (TPSA) is 56.8 Å². The van der Waals surface area contributed by atoms with Gasteiger partial charge in [-0.15, -0.1) is 11.8 Å². The average Bonchev–Trinajstić information content (AvgIpc) is 2.70. The maximum atomic E-state index is 12.5. The van der Waals surface area contributed by atoms with Crippen molar-refractivity contribution in [2.75, 3.05) is 26.1 Å². The van der Waals surface area contributed by atoms with Crippen LogP contribution in [-0.4, -0.2) is 32.0 Å². The number of carbonyl (C=O) groups is 1. The minimum atomic E-state index is -0.0789. The molecule has 0 aliphatic carbocycles. The predicted octanol–water partition coefficient (Wildman–Crippen LogP) is 4.07. The zero-order chi connectivity index (χ0) is 19.2. The summed E-state index contributed by atoms with van der Waals surface area (Å²) in [5, 5.41) is 3.15. The quantitative estimate of drug-likeness (QED) is 0.726. The van der Waals surface area contributed by atoms with Crippen molar-refractivity contribution in [3.05, 3.63) is 48.0 Å². The number of hydrogen-bond acceptors (Lipinski definition) is 5. The van der Waals surface area contributed by atoms with Gasteiger partial charge in [0.05, 0.1) is 18.9 Å². The summed E-state index contributed by atoms with van der Waals surface area (Å²) in [5.74, 6) is 2.93. The van der Waals surface area contributed by atoms with Gasteiger partial charge in [0.25, 0.3) is 0 Å². The highest BCUT2D eigenvalue weighted by Crippen LogP contribution is 2.34. The molecular formula is C21H25NO4S. The monoisotopic (exact) mass is 387 g/mol. The molecule has 1 heterocycles. The lowest BCUT2D eigenvalue weighted by molar-refractivity contribution is -0.119. The molecule has 0 bridgehead atoms. The lowest BCUT2D eigenvalue weighted by Crippen LogP contribution is -2.33. The molecule has 0 saturated carbocycles. The number of methoxy groups -OCH3 is 1. The van der Waals surface area contributed by atoms with Gasteiger partial charge in [0.2, 0.25) is 5.91 Å². The predicted molar refractivity (Wildman–Crippen MR) is 107 cm³/mol. The zero-order valence-electron chi connectivity index (χ0n) is 15.9. The van der Waals surface area contributed by atoms with E-state index in [0.29, 0.717) is 19.0 Å². The highest BCUT2D eigenvalue weighted by Gasteiger charge is 2.21. The first-order valence-electron chi connectivity index (χ1n) is 9.02. The van der Waals surface area contributed by atoms with Gasteiger partial charge in [0, 0.05) is 4.90 Å². The summed E-state index contributed by atoms with van der Waals surface area (Å²) in [5.41, 5.74) is 1.03. The molecule has 0 fully saturated rings. The van der Waals surface area contributed by atoms with Crippen LogP contribution < -0.4 is 19.5 Å². The summed E-state index contributed by atoms with van der Waals surface area (Å²) >= 11 is 1.51. The van der Waals surface area contributed by atoms with Crippen LogP contribution in [0.5, 0.6) is 17.2 Å². The Kier molecular flexibility index (Phi) is 6.50. The lowest BCUT2D eigenvalue weighted by atomic mass is 9.95. The van der Waals surface area contributed by atoms with E-state index in [2.05, 4.69) is 19.2 Å². The van der Waals surface area contributed by atoms with Gasteiger partial charge in [-0.25, -0.2) is 0 Å². The highest BCUT2D eigenvalue weighted by atomic mass is 32.2. The fourth-order valence-electron chi connectivity index (χ4n) is 2.92. The van der Waals surface area contributed by atoms with Crippen LogP contribution in [-0.2, 0) is 4.79 Å². The van der Waals surface area contributed by atoms with E-state index in [-0.39, 0.29) is 17.9 Å². The second-order valence-corrected chi connectivity index (χ2v) is 7.71. The minimum absolute atomic E-state index is 0.00408. The third kappa shape index (κ3) is 5.10. The number of benzene rings is 2. The third-order valence-electron chi connectivity index (χ3n) is 4.34. The first-order valence-corrected chi connectivity index (χ1v) is 10.0. The van der Waals surface area contributed by atoms with Gasteiger partial charge in [-0.2, -0.15) is 0 Å². The fraction of sp³-hybridized carbons (Fsp3) is 0.381. The van der Waals surface area contributed by atoms with Gasteiger partial charge in [-0.3, -0.25) is 4.79 Å². The van der Waals surface area contributed by atoms with Crippen LogP contribution in [0.4, 0.5) is 0 Å². The van der Waals surface area contributed by atoms with Gasteiger partial charge in [-0.1, -0.05) is 19.9 Å². The molecule has 1 atom stereocenters. The molecule has 1 aliphatic rings. The molecule has 2 aromatic carbocycles. The number of carbonyl (C=O) groups excluding carboxylic acids is 1. The van der Waals surface area contributed by atoms with E-state index in [1.807, 2.05) is 42.5 Å². The van der Waals surface area contributed by atoms with E-state index < -0.39 is 0 Å². The van der Waals surface area contributed by atoms with Crippen molar-refractivity contribution in [2.24, 2.45) is 5.92 Å². The van der Waals surface area contributed by atoms with Crippen molar-refractivity contribution in [2.45, 2.75) is 24.8 Å². The molecule has 5 nitrogen and oxygen atoms in total. The normalized spacial score (nSPS) is 13.9. The largest absolute Gasteiger partial charge is 0.497 e. The zero-order valence-corrected chi connectivity index (χ0v) is 16.7. The van der Waals surface area contributed by atoms with E-state index in [9.17, 15) is 4.79 Å². The number of hydrogen-bond donors (Lipinski definition) is 1. The summed E-state index contributed by atoms with van der Waals surface area (Å²) < 4.78 is 16.4. The molecule has 1 N–H and O–H groups in total. The van der Waals surface area contributed by atoms with Crippen LogP contribution >= 0.6 is 11.8 Å². The van der Waals surface area contributed by atoms with E-state index >= 15 is 0 Å². The lowest BCUT2D eigenvalue weighted by Gasteiger charge is -2.25. The van der Waals surface area contributed by atoms with E-state index in [1.165, 1.54) is 11.8 Å². The van der Waals surface area contributed by atoms with Crippen LogP contribution in [0, 0.1) is 5.92 Å². The second kappa shape index (κ2) is 9.04. The summed E-state index contributed by atoms with van der Waals surface area (Å²) in [6.07, 6.45) is 0. The van der Waals surface area contributed by atoms with Gasteiger partial charge >= 0.3 is 0 Å². The maximum Gasteiger partial charge on any atom is 0.230 e. The number of amides is 1. The number of ether oxygens (including phenoxy) is 3. The van der Waals surface area contributed by atoms with Crippen molar-refractivity contribution < 1.29 is 19.0 Å². The number of fused-ring (bicyclic) bond motifs is 1. The van der Waals surface area contributed by atoms with Gasteiger partial charge < -0.3 is 19.5 Å². The van der Waals surface area contributed by atoms with E-state index in [4.69, 9.17) is 14.2 Å². The molecule has 144 valence electrons. The smallest absolute Gasteiger partial charge is 0.230 e. The third-order valence-corrected chi connectivity index (χ3v) is 5.35. The number of rotatable bonds is 7. The van der Waals surface area contributed by atoms with E-state index in [1.54, 1.807) is 7.11 Å². The SMILES string of the molecule is COc1ccc(SCC(=O)N[C@@H](c2ccc3c(c2)OCCO3)C(C)C)cc1.